The fourth-order valence-corrected chi connectivity index (χ4v) is 4.23. The van der Waals surface area contributed by atoms with E-state index in [0.29, 0.717) is 19.1 Å². The van der Waals surface area contributed by atoms with Crippen LogP contribution in [0.1, 0.15) is 32.6 Å². The minimum Gasteiger partial charge on any atom is -0.377 e. The second kappa shape index (κ2) is 4.84. The zero-order valence-corrected chi connectivity index (χ0v) is 11.1. The first-order valence-corrected chi connectivity index (χ1v) is 7.94. The van der Waals surface area contributed by atoms with Crippen molar-refractivity contribution in [2.24, 2.45) is 11.7 Å². The van der Waals surface area contributed by atoms with Gasteiger partial charge in [-0.2, -0.15) is 0 Å². The van der Waals surface area contributed by atoms with Crippen molar-refractivity contribution in [2.75, 3.05) is 18.9 Å². The highest BCUT2D eigenvalue weighted by Crippen LogP contribution is 2.39. The molecular formula is C11H22N2O3S. The monoisotopic (exact) mass is 262 g/mol. The van der Waals surface area contributed by atoms with Crippen LogP contribution in [0.4, 0.5) is 0 Å². The molecule has 2 aliphatic rings. The Morgan fingerprint density at radius 2 is 2.12 bits per heavy atom. The molecule has 1 saturated heterocycles. The number of hydrogen-bond acceptors (Lipinski definition) is 4. The van der Waals surface area contributed by atoms with Crippen molar-refractivity contribution in [3.8, 4) is 0 Å². The molecule has 1 saturated carbocycles. The van der Waals surface area contributed by atoms with Crippen molar-refractivity contribution in [3.05, 3.63) is 0 Å². The molecule has 0 radical (unpaired) electrons. The highest BCUT2D eigenvalue weighted by Gasteiger charge is 2.43. The van der Waals surface area contributed by atoms with Crippen molar-refractivity contribution in [2.45, 2.75) is 44.2 Å². The van der Waals surface area contributed by atoms with E-state index in [4.69, 9.17) is 10.5 Å². The summed E-state index contributed by atoms with van der Waals surface area (Å²) in [5.41, 5.74) is 5.23. The lowest BCUT2D eigenvalue weighted by Crippen LogP contribution is -2.54. The van der Waals surface area contributed by atoms with Crippen LogP contribution in [0.5, 0.6) is 0 Å². The SMILES string of the molecule is CC(CN)(NS(=O)(=O)CC1CCCO1)C1CC1. The number of hydrogen-bond donors (Lipinski definition) is 2. The molecule has 2 rings (SSSR count). The third-order valence-electron chi connectivity index (χ3n) is 3.72. The highest BCUT2D eigenvalue weighted by molar-refractivity contribution is 7.89. The molecule has 6 heteroatoms. The van der Waals surface area contributed by atoms with Gasteiger partial charge in [-0.1, -0.05) is 0 Å². The van der Waals surface area contributed by atoms with Gasteiger partial charge in [0.2, 0.25) is 10.0 Å². The van der Waals surface area contributed by atoms with E-state index in [9.17, 15) is 8.42 Å². The zero-order chi connectivity index (χ0) is 12.5. The maximum absolute atomic E-state index is 12.0. The summed E-state index contributed by atoms with van der Waals surface area (Å²) in [5.74, 6) is 0.460. The predicted octanol–water partition coefficient (Wildman–Crippen LogP) is 0.212. The molecule has 0 aromatic heterocycles. The smallest absolute Gasteiger partial charge is 0.214 e. The van der Waals surface area contributed by atoms with Crippen LogP contribution in [-0.2, 0) is 14.8 Å². The molecule has 0 spiro atoms. The largest absolute Gasteiger partial charge is 0.377 e. The molecule has 2 fully saturated rings. The van der Waals surface area contributed by atoms with E-state index in [2.05, 4.69) is 4.72 Å². The van der Waals surface area contributed by atoms with Gasteiger partial charge in [-0.15, -0.1) is 0 Å². The van der Waals surface area contributed by atoms with Crippen LogP contribution in [-0.4, -0.2) is 39.0 Å². The summed E-state index contributed by atoms with van der Waals surface area (Å²) >= 11 is 0. The molecule has 5 nitrogen and oxygen atoms in total. The number of nitrogens with two attached hydrogens (primary N) is 1. The van der Waals surface area contributed by atoms with E-state index < -0.39 is 15.6 Å². The summed E-state index contributed by atoms with van der Waals surface area (Å²) in [6.07, 6.45) is 3.78. The van der Waals surface area contributed by atoms with Crippen molar-refractivity contribution >= 4 is 10.0 Å². The van der Waals surface area contributed by atoms with Gasteiger partial charge in [0.15, 0.2) is 0 Å². The van der Waals surface area contributed by atoms with Gasteiger partial charge < -0.3 is 10.5 Å². The van der Waals surface area contributed by atoms with E-state index in [1.807, 2.05) is 6.92 Å². The van der Waals surface area contributed by atoms with E-state index in [1.54, 1.807) is 0 Å². The summed E-state index contributed by atoms with van der Waals surface area (Å²) in [7, 11) is -3.29. The summed E-state index contributed by atoms with van der Waals surface area (Å²) in [6, 6.07) is 0. The second-order valence-electron chi connectivity index (χ2n) is 5.41. The maximum atomic E-state index is 12.0. The molecule has 2 unspecified atom stereocenters. The minimum atomic E-state index is -3.29. The Labute approximate surface area is 103 Å². The number of sulfonamides is 1. The quantitative estimate of drug-likeness (QED) is 0.717. The van der Waals surface area contributed by atoms with Crippen LogP contribution in [0.3, 0.4) is 0 Å². The van der Waals surface area contributed by atoms with E-state index in [0.717, 1.165) is 25.7 Å². The molecule has 1 heterocycles. The molecule has 0 aromatic carbocycles. The Hall–Kier alpha value is -0.170. The van der Waals surface area contributed by atoms with Gasteiger partial charge in [0.1, 0.15) is 0 Å². The van der Waals surface area contributed by atoms with Crippen LogP contribution < -0.4 is 10.5 Å². The molecule has 2 atom stereocenters. The molecule has 1 aliphatic carbocycles. The molecule has 3 N–H and O–H groups in total. The topological polar surface area (TPSA) is 81.4 Å². The van der Waals surface area contributed by atoms with Crippen molar-refractivity contribution in [3.63, 3.8) is 0 Å². The lowest BCUT2D eigenvalue weighted by molar-refractivity contribution is 0.127. The normalized spacial score (nSPS) is 29.2. The van der Waals surface area contributed by atoms with Crippen LogP contribution in [0, 0.1) is 5.92 Å². The highest BCUT2D eigenvalue weighted by atomic mass is 32.2. The molecule has 0 amide bonds. The summed E-state index contributed by atoms with van der Waals surface area (Å²) in [6.45, 7) is 2.93. The predicted molar refractivity (Wildman–Crippen MR) is 66.1 cm³/mol. The zero-order valence-electron chi connectivity index (χ0n) is 10.3. The molecular weight excluding hydrogens is 240 g/mol. The molecule has 100 valence electrons. The first kappa shape index (κ1) is 13.3. The minimum absolute atomic E-state index is 0.0648. The van der Waals surface area contributed by atoms with Gasteiger partial charge in [0.05, 0.1) is 11.9 Å². The summed E-state index contributed by atoms with van der Waals surface area (Å²) in [5, 5.41) is 0. The van der Waals surface area contributed by atoms with Crippen LogP contribution in [0.25, 0.3) is 0 Å². The Morgan fingerprint density at radius 1 is 1.41 bits per heavy atom. The molecule has 0 bridgehead atoms. The third kappa shape index (κ3) is 3.40. The van der Waals surface area contributed by atoms with Gasteiger partial charge in [-0.25, -0.2) is 13.1 Å². The van der Waals surface area contributed by atoms with Crippen molar-refractivity contribution in [1.29, 1.82) is 0 Å². The Bertz CT molecular complexity index is 361. The Kier molecular flexibility index (Phi) is 3.77. The van der Waals surface area contributed by atoms with Crippen LogP contribution in [0.15, 0.2) is 0 Å². The van der Waals surface area contributed by atoms with Gasteiger partial charge in [-0.3, -0.25) is 0 Å². The Morgan fingerprint density at radius 3 is 2.59 bits per heavy atom. The lowest BCUT2D eigenvalue weighted by atomic mass is 9.98. The fraction of sp³-hybridized carbons (Fsp3) is 1.00. The fourth-order valence-electron chi connectivity index (χ4n) is 2.43. The van der Waals surface area contributed by atoms with Crippen LogP contribution in [0.2, 0.25) is 0 Å². The van der Waals surface area contributed by atoms with Gasteiger partial charge in [0, 0.05) is 18.7 Å². The van der Waals surface area contributed by atoms with Crippen molar-refractivity contribution < 1.29 is 13.2 Å². The first-order valence-electron chi connectivity index (χ1n) is 6.28. The number of rotatable bonds is 6. The number of nitrogens with one attached hydrogen (secondary N) is 1. The van der Waals surface area contributed by atoms with E-state index >= 15 is 0 Å². The third-order valence-corrected chi connectivity index (χ3v) is 5.31. The average molecular weight is 262 g/mol. The Balaban J connectivity index is 1.95. The van der Waals surface area contributed by atoms with Crippen LogP contribution >= 0.6 is 0 Å². The standard InChI is InChI=1S/C11H22N2O3S/c1-11(8-12,9-4-5-9)13-17(14,15)7-10-3-2-6-16-10/h9-10,13H,2-8,12H2,1H3. The first-order chi connectivity index (χ1) is 7.95. The summed E-state index contributed by atoms with van der Waals surface area (Å²) < 4.78 is 32.2. The summed E-state index contributed by atoms with van der Waals surface area (Å²) in [4.78, 5) is 0. The lowest BCUT2D eigenvalue weighted by Gasteiger charge is -2.29. The maximum Gasteiger partial charge on any atom is 0.214 e. The number of ether oxygens (including phenoxy) is 1. The van der Waals surface area contributed by atoms with Gasteiger partial charge >= 0.3 is 0 Å². The molecule has 1 aliphatic heterocycles. The van der Waals surface area contributed by atoms with Gasteiger partial charge in [0.25, 0.3) is 0 Å². The molecule has 0 aromatic rings. The second-order valence-corrected chi connectivity index (χ2v) is 7.18. The van der Waals surface area contributed by atoms with E-state index in [1.165, 1.54) is 0 Å². The average Bonchev–Trinajstić information content (AvgIpc) is 2.99. The van der Waals surface area contributed by atoms with Crippen molar-refractivity contribution in [1.82, 2.24) is 4.72 Å². The van der Waals surface area contributed by atoms with Gasteiger partial charge in [-0.05, 0) is 38.5 Å². The van der Waals surface area contributed by atoms with E-state index in [-0.39, 0.29) is 11.9 Å². The molecule has 17 heavy (non-hydrogen) atoms.